The molecule has 3 nitrogen and oxygen atoms in total. The summed E-state index contributed by atoms with van der Waals surface area (Å²) >= 11 is 3.48. The number of hydrogen-bond donors (Lipinski definition) is 1. The van der Waals surface area contributed by atoms with Crippen LogP contribution in [-0.2, 0) is 4.79 Å². The number of carboxylic acids is 1. The molecule has 1 fully saturated rings. The summed E-state index contributed by atoms with van der Waals surface area (Å²) in [5.41, 5.74) is 1.99. The maximum atomic E-state index is 10.7. The molecule has 0 radical (unpaired) electrons. The van der Waals surface area contributed by atoms with Gasteiger partial charge in [0.25, 0.3) is 0 Å². The lowest BCUT2D eigenvalue weighted by atomic mass is 10.1. The van der Waals surface area contributed by atoms with Crippen molar-refractivity contribution in [3.63, 3.8) is 0 Å². The van der Waals surface area contributed by atoms with Gasteiger partial charge in [-0.2, -0.15) is 0 Å². The van der Waals surface area contributed by atoms with E-state index >= 15 is 0 Å². The number of halogens is 1. The lowest BCUT2D eigenvalue weighted by Gasteiger charge is -2.28. The Balaban J connectivity index is 2.30. The van der Waals surface area contributed by atoms with Crippen LogP contribution in [0.2, 0.25) is 0 Å². The number of carboxylic acid groups (broad SMARTS) is 1. The summed E-state index contributed by atoms with van der Waals surface area (Å²) in [6, 6.07) is 6.39. The highest BCUT2D eigenvalue weighted by molar-refractivity contribution is 9.10. The highest BCUT2D eigenvalue weighted by Gasteiger charge is 2.31. The molecule has 1 unspecified atom stereocenters. The van der Waals surface area contributed by atoms with Gasteiger partial charge < -0.3 is 10.0 Å². The van der Waals surface area contributed by atoms with Crippen LogP contribution in [0.15, 0.2) is 28.7 Å². The number of rotatable bonds is 5. The Morgan fingerprint density at radius 3 is 2.79 bits per heavy atom. The van der Waals surface area contributed by atoms with Gasteiger partial charge in [-0.15, -0.1) is 0 Å². The van der Waals surface area contributed by atoms with E-state index < -0.39 is 5.97 Å². The summed E-state index contributed by atoms with van der Waals surface area (Å²) in [6.45, 7) is 2.23. The number of anilines is 1. The van der Waals surface area contributed by atoms with E-state index in [0.717, 1.165) is 21.6 Å². The molecule has 0 amide bonds. The van der Waals surface area contributed by atoms with Crippen molar-refractivity contribution in [1.29, 1.82) is 0 Å². The number of hydrogen-bond acceptors (Lipinski definition) is 2. The monoisotopic (exact) mass is 323 g/mol. The summed E-state index contributed by atoms with van der Waals surface area (Å²) < 4.78 is 1.00. The third-order valence-corrected chi connectivity index (χ3v) is 4.19. The van der Waals surface area contributed by atoms with Gasteiger partial charge in [0.2, 0.25) is 0 Å². The van der Waals surface area contributed by atoms with E-state index in [4.69, 9.17) is 5.11 Å². The molecule has 1 aliphatic carbocycles. The highest BCUT2D eigenvalue weighted by atomic mass is 79.9. The predicted molar refractivity (Wildman–Crippen MR) is 81.4 cm³/mol. The van der Waals surface area contributed by atoms with Gasteiger partial charge in [-0.1, -0.05) is 22.0 Å². The van der Waals surface area contributed by atoms with E-state index in [9.17, 15) is 4.79 Å². The van der Waals surface area contributed by atoms with Crippen LogP contribution in [0, 0.1) is 5.92 Å². The van der Waals surface area contributed by atoms with Crippen LogP contribution in [0.1, 0.15) is 25.3 Å². The van der Waals surface area contributed by atoms with Gasteiger partial charge in [-0.25, -0.2) is 4.79 Å². The van der Waals surface area contributed by atoms with E-state index in [2.05, 4.69) is 34.8 Å². The van der Waals surface area contributed by atoms with Crippen LogP contribution in [0.25, 0.3) is 6.08 Å². The van der Waals surface area contributed by atoms with E-state index in [-0.39, 0.29) is 0 Å². The molecular weight excluding hydrogens is 306 g/mol. The predicted octanol–water partition coefficient (Wildman–Crippen LogP) is 3.78. The van der Waals surface area contributed by atoms with Crippen molar-refractivity contribution in [2.24, 2.45) is 5.92 Å². The molecule has 1 aromatic rings. The Kier molecular flexibility index (Phi) is 4.30. The Bertz CT molecular complexity index is 509. The zero-order valence-electron chi connectivity index (χ0n) is 11.1. The zero-order chi connectivity index (χ0) is 14.0. The smallest absolute Gasteiger partial charge is 0.328 e. The topological polar surface area (TPSA) is 40.5 Å². The molecule has 0 aliphatic heterocycles. The third-order valence-electron chi connectivity index (χ3n) is 3.69. The molecule has 1 aliphatic rings. The fourth-order valence-electron chi connectivity index (χ4n) is 2.24. The maximum absolute atomic E-state index is 10.7. The van der Waals surface area contributed by atoms with Gasteiger partial charge in [0.1, 0.15) is 0 Å². The van der Waals surface area contributed by atoms with Crippen molar-refractivity contribution in [3.05, 3.63) is 34.3 Å². The van der Waals surface area contributed by atoms with Gasteiger partial charge in [-0.05, 0) is 49.5 Å². The van der Waals surface area contributed by atoms with Crippen molar-refractivity contribution in [2.45, 2.75) is 25.8 Å². The van der Waals surface area contributed by atoms with Crippen LogP contribution in [0.4, 0.5) is 5.69 Å². The van der Waals surface area contributed by atoms with E-state index in [1.54, 1.807) is 6.08 Å². The quantitative estimate of drug-likeness (QED) is 0.838. The van der Waals surface area contributed by atoms with Crippen LogP contribution >= 0.6 is 15.9 Å². The Hall–Kier alpha value is -1.29. The van der Waals surface area contributed by atoms with Crippen LogP contribution < -0.4 is 4.90 Å². The van der Waals surface area contributed by atoms with Crippen LogP contribution in [-0.4, -0.2) is 24.2 Å². The number of nitrogens with zero attached hydrogens (tertiary/aromatic N) is 1. The summed E-state index contributed by atoms with van der Waals surface area (Å²) in [7, 11) is 2.07. The number of carbonyl (C=O) groups is 1. The number of aliphatic carboxylic acids is 1. The maximum Gasteiger partial charge on any atom is 0.328 e. The van der Waals surface area contributed by atoms with Crippen LogP contribution in [0.5, 0.6) is 0 Å². The second-order valence-electron chi connectivity index (χ2n) is 5.06. The molecule has 0 aromatic heterocycles. The Labute approximate surface area is 122 Å². The second kappa shape index (κ2) is 5.78. The van der Waals surface area contributed by atoms with Gasteiger partial charge in [0.15, 0.2) is 0 Å². The average molecular weight is 324 g/mol. The molecule has 0 saturated heterocycles. The first-order chi connectivity index (χ1) is 8.99. The molecule has 2 rings (SSSR count). The second-order valence-corrected chi connectivity index (χ2v) is 5.98. The molecule has 0 bridgehead atoms. The zero-order valence-corrected chi connectivity index (χ0v) is 12.7. The molecular formula is C15H18BrNO2. The van der Waals surface area contributed by atoms with E-state index in [1.165, 1.54) is 18.9 Å². The van der Waals surface area contributed by atoms with Gasteiger partial charge in [0.05, 0.1) is 0 Å². The fraction of sp³-hybridized carbons (Fsp3) is 0.400. The first-order valence-electron chi connectivity index (χ1n) is 6.42. The van der Waals surface area contributed by atoms with E-state index in [0.29, 0.717) is 6.04 Å². The van der Waals surface area contributed by atoms with Gasteiger partial charge >= 0.3 is 5.97 Å². The molecule has 4 heteroatoms. The minimum Gasteiger partial charge on any atom is -0.478 e. The standard InChI is InChI=1S/C15H18BrNO2/c1-10(11-3-4-11)17(2)14-9-13(16)7-5-12(14)6-8-15(18)19/h5-11H,3-4H2,1-2H3,(H,18,19)/b8-6+. The van der Waals surface area contributed by atoms with Crippen molar-refractivity contribution in [1.82, 2.24) is 0 Å². The van der Waals surface area contributed by atoms with E-state index in [1.807, 2.05) is 18.2 Å². The molecule has 0 spiro atoms. The summed E-state index contributed by atoms with van der Waals surface area (Å²) in [5, 5.41) is 8.76. The average Bonchev–Trinajstić information content (AvgIpc) is 3.19. The van der Waals surface area contributed by atoms with Crippen molar-refractivity contribution in [3.8, 4) is 0 Å². The first-order valence-corrected chi connectivity index (χ1v) is 7.21. The fourth-order valence-corrected chi connectivity index (χ4v) is 2.59. The van der Waals surface area contributed by atoms with Crippen molar-refractivity contribution in [2.75, 3.05) is 11.9 Å². The Morgan fingerprint density at radius 2 is 2.21 bits per heavy atom. The molecule has 1 aromatic carbocycles. The molecule has 1 atom stereocenters. The molecule has 0 heterocycles. The highest BCUT2D eigenvalue weighted by Crippen LogP contribution is 2.37. The van der Waals surface area contributed by atoms with Crippen molar-refractivity contribution < 1.29 is 9.90 Å². The molecule has 19 heavy (non-hydrogen) atoms. The number of benzene rings is 1. The lowest BCUT2D eigenvalue weighted by molar-refractivity contribution is -0.131. The first kappa shape index (κ1) is 14.1. The summed E-state index contributed by atoms with van der Waals surface area (Å²) in [4.78, 5) is 12.9. The SMILES string of the molecule is CC(C1CC1)N(C)c1cc(Br)ccc1/C=C/C(=O)O. The Morgan fingerprint density at radius 1 is 1.53 bits per heavy atom. The summed E-state index contributed by atoms with van der Waals surface area (Å²) in [6.07, 6.45) is 5.42. The van der Waals surface area contributed by atoms with Crippen LogP contribution in [0.3, 0.4) is 0 Å². The minimum atomic E-state index is -0.924. The lowest BCUT2D eigenvalue weighted by Crippen LogP contribution is -2.31. The summed E-state index contributed by atoms with van der Waals surface area (Å²) in [5.74, 6) is -0.160. The van der Waals surface area contributed by atoms with Crippen molar-refractivity contribution >= 4 is 33.7 Å². The normalized spacial score (nSPS) is 16.6. The minimum absolute atomic E-state index is 0.478. The molecule has 1 N–H and O–H groups in total. The largest absolute Gasteiger partial charge is 0.478 e. The van der Waals surface area contributed by atoms with Gasteiger partial charge in [0, 0.05) is 29.3 Å². The third kappa shape index (κ3) is 3.60. The molecule has 102 valence electrons. The van der Waals surface area contributed by atoms with Gasteiger partial charge in [-0.3, -0.25) is 0 Å². The molecule has 1 saturated carbocycles.